The first-order chi connectivity index (χ1) is 8.25. The van der Waals surface area contributed by atoms with E-state index in [1.54, 1.807) is 11.8 Å². The van der Waals surface area contributed by atoms with E-state index in [1.807, 2.05) is 11.8 Å². The molecule has 1 unspecified atom stereocenters. The van der Waals surface area contributed by atoms with E-state index in [0.29, 0.717) is 26.3 Å². The van der Waals surface area contributed by atoms with Gasteiger partial charge in [-0.1, -0.05) is 5.92 Å². The van der Waals surface area contributed by atoms with Crippen LogP contribution < -0.4 is 5.32 Å². The van der Waals surface area contributed by atoms with Crippen molar-refractivity contribution in [2.75, 3.05) is 44.4 Å². The van der Waals surface area contributed by atoms with Crippen molar-refractivity contribution in [2.45, 2.75) is 13.0 Å². The van der Waals surface area contributed by atoms with Crippen LogP contribution in [0.15, 0.2) is 0 Å². The summed E-state index contributed by atoms with van der Waals surface area (Å²) in [4.78, 5) is 13.8. The van der Waals surface area contributed by atoms with Crippen molar-refractivity contribution >= 4 is 17.7 Å². The molecule has 1 rings (SSSR count). The van der Waals surface area contributed by atoms with E-state index in [1.165, 1.54) is 0 Å². The molecule has 0 bridgehead atoms. The molecule has 96 valence electrons. The Labute approximate surface area is 107 Å². The lowest BCUT2D eigenvalue weighted by atomic mass is 10.2. The predicted octanol–water partition coefficient (Wildman–Crippen LogP) is 0.190. The molecular formula is C12H20N2O2S. The number of nitrogens with zero attached hydrogens (tertiary/aromatic N) is 1. The maximum absolute atomic E-state index is 12.0. The number of thioether (sulfide) groups is 1. The summed E-state index contributed by atoms with van der Waals surface area (Å²) in [5.74, 6) is 4.40. The second-order valence-electron chi connectivity index (χ2n) is 3.87. The van der Waals surface area contributed by atoms with Crippen molar-refractivity contribution in [3.8, 4) is 12.3 Å². The molecule has 17 heavy (non-hydrogen) atoms. The average molecular weight is 256 g/mol. The third-order valence-electron chi connectivity index (χ3n) is 2.58. The van der Waals surface area contributed by atoms with Crippen LogP contribution in [0, 0.1) is 12.3 Å². The molecule has 0 aliphatic carbocycles. The molecule has 0 aromatic rings. The van der Waals surface area contributed by atoms with Gasteiger partial charge in [0.25, 0.3) is 0 Å². The van der Waals surface area contributed by atoms with Crippen molar-refractivity contribution in [2.24, 2.45) is 0 Å². The molecule has 0 spiro atoms. The second kappa shape index (κ2) is 8.40. The van der Waals surface area contributed by atoms with Gasteiger partial charge in [0.05, 0.1) is 25.0 Å². The molecule has 5 heteroatoms. The van der Waals surface area contributed by atoms with Crippen molar-refractivity contribution in [1.82, 2.24) is 10.2 Å². The van der Waals surface area contributed by atoms with Gasteiger partial charge in [0.15, 0.2) is 0 Å². The minimum atomic E-state index is -0.125. The molecule has 0 aromatic carbocycles. The monoisotopic (exact) mass is 256 g/mol. The van der Waals surface area contributed by atoms with E-state index in [0.717, 1.165) is 18.1 Å². The Morgan fingerprint density at radius 1 is 1.59 bits per heavy atom. The van der Waals surface area contributed by atoms with Crippen molar-refractivity contribution in [3.05, 3.63) is 0 Å². The Morgan fingerprint density at radius 2 is 2.29 bits per heavy atom. The quantitative estimate of drug-likeness (QED) is 0.544. The minimum Gasteiger partial charge on any atom is -0.378 e. The number of hydrogen-bond acceptors (Lipinski definition) is 4. The van der Waals surface area contributed by atoms with E-state index in [4.69, 9.17) is 11.2 Å². The van der Waals surface area contributed by atoms with Crippen molar-refractivity contribution in [1.29, 1.82) is 0 Å². The molecule has 1 aliphatic heterocycles. The van der Waals surface area contributed by atoms with E-state index in [9.17, 15) is 4.79 Å². The van der Waals surface area contributed by atoms with Gasteiger partial charge in [-0.05, 0) is 6.92 Å². The molecule has 1 fully saturated rings. The van der Waals surface area contributed by atoms with Crippen LogP contribution in [0.1, 0.15) is 6.92 Å². The first-order valence-corrected chi connectivity index (χ1v) is 7.02. The van der Waals surface area contributed by atoms with Gasteiger partial charge in [0, 0.05) is 25.4 Å². The van der Waals surface area contributed by atoms with Crippen LogP contribution in [0.2, 0.25) is 0 Å². The number of nitrogens with one attached hydrogen (secondary N) is 1. The Hall–Kier alpha value is -0.700. The fraction of sp³-hybridized carbons (Fsp3) is 0.750. The van der Waals surface area contributed by atoms with Crippen LogP contribution in [0.25, 0.3) is 0 Å². The van der Waals surface area contributed by atoms with Crippen LogP contribution in [0.3, 0.4) is 0 Å². The van der Waals surface area contributed by atoms with Crippen molar-refractivity contribution in [3.63, 3.8) is 0 Å². The molecule has 1 saturated heterocycles. The highest BCUT2D eigenvalue weighted by molar-refractivity contribution is 7.99. The number of amides is 1. The summed E-state index contributed by atoms with van der Waals surface area (Å²) < 4.78 is 5.22. The molecule has 0 saturated carbocycles. The largest absolute Gasteiger partial charge is 0.378 e. The van der Waals surface area contributed by atoms with Crippen LogP contribution >= 0.6 is 11.8 Å². The average Bonchev–Trinajstić information content (AvgIpc) is 2.38. The van der Waals surface area contributed by atoms with Crippen LogP contribution in [-0.2, 0) is 9.53 Å². The molecule has 1 N–H and O–H groups in total. The summed E-state index contributed by atoms with van der Waals surface area (Å²) in [6, 6.07) is -0.125. The molecule has 0 aromatic heterocycles. The highest BCUT2D eigenvalue weighted by atomic mass is 32.2. The Morgan fingerprint density at radius 3 is 2.94 bits per heavy atom. The summed E-state index contributed by atoms with van der Waals surface area (Å²) in [6.07, 6.45) is 5.15. The SMILES string of the molecule is C#CCSCCNC(C)C(=O)N1CCOCC1. The number of terminal acetylenes is 1. The molecule has 1 aliphatic rings. The summed E-state index contributed by atoms with van der Waals surface area (Å²) in [5, 5.41) is 3.22. The fourth-order valence-electron chi connectivity index (χ4n) is 1.62. The van der Waals surface area contributed by atoms with Gasteiger partial charge in [-0.2, -0.15) is 0 Å². The van der Waals surface area contributed by atoms with Gasteiger partial charge in [-0.25, -0.2) is 0 Å². The normalized spacial score (nSPS) is 17.5. The lowest BCUT2D eigenvalue weighted by Gasteiger charge is -2.29. The van der Waals surface area contributed by atoms with E-state index < -0.39 is 0 Å². The number of rotatable bonds is 6. The molecule has 4 nitrogen and oxygen atoms in total. The Kier molecular flexibility index (Phi) is 7.10. The summed E-state index contributed by atoms with van der Waals surface area (Å²) >= 11 is 1.70. The van der Waals surface area contributed by atoms with E-state index >= 15 is 0 Å². The topological polar surface area (TPSA) is 41.6 Å². The fourth-order valence-corrected chi connectivity index (χ4v) is 2.15. The standard InChI is InChI=1S/C12H20N2O2S/c1-3-9-17-10-4-13-11(2)12(15)14-5-7-16-8-6-14/h1,11,13H,4-10H2,2H3. The number of hydrogen-bond donors (Lipinski definition) is 1. The zero-order chi connectivity index (χ0) is 12.5. The lowest BCUT2D eigenvalue weighted by Crippen LogP contribution is -2.49. The van der Waals surface area contributed by atoms with Gasteiger partial charge >= 0.3 is 0 Å². The Balaban J connectivity index is 2.15. The van der Waals surface area contributed by atoms with Gasteiger partial charge in [-0.15, -0.1) is 18.2 Å². The second-order valence-corrected chi connectivity index (χ2v) is 4.98. The van der Waals surface area contributed by atoms with E-state index in [2.05, 4.69) is 11.2 Å². The zero-order valence-corrected chi connectivity index (χ0v) is 11.1. The van der Waals surface area contributed by atoms with E-state index in [-0.39, 0.29) is 11.9 Å². The summed E-state index contributed by atoms with van der Waals surface area (Å²) in [7, 11) is 0. The van der Waals surface area contributed by atoms with Gasteiger partial charge in [0.1, 0.15) is 0 Å². The smallest absolute Gasteiger partial charge is 0.239 e. The molecule has 0 radical (unpaired) electrons. The Bertz CT molecular complexity index is 272. The zero-order valence-electron chi connectivity index (χ0n) is 10.3. The number of carbonyl (C=O) groups excluding carboxylic acids is 1. The highest BCUT2D eigenvalue weighted by Gasteiger charge is 2.21. The summed E-state index contributed by atoms with van der Waals surface area (Å²) in [6.45, 7) is 5.42. The maximum atomic E-state index is 12.0. The van der Waals surface area contributed by atoms with Crippen molar-refractivity contribution < 1.29 is 9.53 Å². The minimum absolute atomic E-state index is 0.125. The van der Waals surface area contributed by atoms with Crippen LogP contribution in [-0.4, -0.2) is 61.2 Å². The summed E-state index contributed by atoms with van der Waals surface area (Å²) in [5.41, 5.74) is 0. The van der Waals surface area contributed by atoms with Gasteiger partial charge in [0.2, 0.25) is 5.91 Å². The first-order valence-electron chi connectivity index (χ1n) is 5.87. The number of morpholine rings is 1. The maximum Gasteiger partial charge on any atom is 0.239 e. The van der Waals surface area contributed by atoms with Gasteiger partial charge in [-0.3, -0.25) is 4.79 Å². The molecule has 1 atom stereocenters. The van der Waals surface area contributed by atoms with Crippen LogP contribution in [0.5, 0.6) is 0 Å². The number of carbonyl (C=O) groups is 1. The third kappa shape index (κ3) is 5.44. The number of ether oxygens (including phenoxy) is 1. The third-order valence-corrected chi connectivity index (χ3v) is 3.44. The lowest BCUT2D eigenvalue weighted by molar-refractivity contribution is -0.137. The molecule has 1 amide bonds. The first kappa shape index (κ1) is 14.4. The van der Waals surface area contributed by atoms with Gasteiger partial charge < -0.3 is 15.0 Å². The molecule has 1 heterocycles. The molecular weight excluding hydrogens is 236 g/mol. The highest BCUT2D eigenvalue weighted by Crippen LogP contribution is 2.01. The van der Waals surface area contributed by atoms with Crippen LogP contribution in [0.4, 0.5) is 0 Å². The predicted molar refractivity (Wildman–Crippen MR) is 71.0 cm³/mol.